The number of aliphatic hydroxyl groups is 1. The van der Waals surface area contributed by atoms with Crippen LogP contribution >= 0.6 is 23.2 Å². The van der Waals surface area contributed by atoms with Gasteiger partial charge in [-0.05, 0) is 66.3 Å². The van der Waals surface area contributed by atoms with Gasteiger partial charge in [0.25, 0.3) is 5.91 Å². The van der Waals surface area contributed by atoms with E-state index < -0.39 is 29.7 Å². The number of nitrogens with one attached hydrogen (secondary N) is 2. The predicted octanol–water partition coefficient (Wildman–Crippen LogP) is 4.02. The molecule has 1 amide bonds. The summed E-state index contributed by atoms with van der Waals surface area (Å²) in [6.07, 6.45) is 6.04. The summed E-state index contributed by atoms with van der Waals surface area (Å²) in [4.78, 5) is 20.4. The van der Waals surface area contributed by atoms with Gasteiger partial charge >= 0.3 is 0 Å². The third-order valence-electron chi connectivity index (χ3n) is 6.04. The van der Waals surface area contributed by atoms with Gasteiger partial charge in [-0.2, -0.15) is 0 Å². The molecule has 2 atom stereocenters. The lowest BCUT2D eigenvalue weighted by atomic mass is 9.98. The smallest absolute Gasteiger partial charge is 0.270 e. The highest BCUT2D eigenvalue weighted by Gasteiger charge is 2.44. The van der Waals surface area contributed by atoms with Crippen molar-refractivity contribution in [3.8, 4) is 12.3 Å². The Morgan fingerprint density at radius 3 is 2.50 bits per heavy atom. The summed E-state index contributed by atoms with van der Waals surface area (Å²) in [5.74, 6) is 0.417. The standard InChI is InChI=1S/C26H22Cl2F2N4O2/c1-2-15-4-3-5-17(8-15)26(6-7-26)31-14-22(35)20(11-16-9-18(29)12-19(30)10-16)32-24(36)21-13-23(27)34-25(28)33-21/h1,3-5,8-10,12-13,20,22,31,35H,6-7,11,14H2,(H,32,36). The molecule has 1 fully saturated rings. The van der Waals surface area contributed by atoms with Crippen molar-refractivity contribution >= 4 is 29.1 Å². The van der Waals surface area contributed by atoms with E-state index in [0.717, 1.165) is 42.2 Å². The number of halogens is 4. The molecule has 1 aliphatic carbocycles. The van der Waals surface area contributed by atoms with Crippen LogP contribution in [0.25, 0.3) is 0 Å². The van der Waals surface area contributed by atoms with Crippen molar-refractivity contribution in [1.29, 1.82) is 0 Å². The van der Waals surface area contributed by atoms with Crippen molar-refractivity contribution in [2.75, 3.05) is 6.54 Å². The third kappa shape index (κ3) is 6.37. The number of carbonyl (C=O) groups excluding carboxylic acids is 1. The number of amides is 1. The van der Waals surface area contributed by atoms with Crippen LogP contribution in [0.1, 0.15) is 40.0 Å². The quantitative estimate of drug-likeness (QED) is 0.221. The van der Waals surface area contributed by atoms with Crippen molar-refractivity contribution in [2.45, 2.75) is 36.9 Å². The summed E-state index contributed by atoms with van der Waals surface area (Å²) in [5, 5.41) is 16.9. The summed E-state index contributed by atoms with van der Waals surface area (Å²) in [5.41, 5.74) is 1.56. The van der Waals surface area contributed by atoms with Crippen LogP contribution in [0, 0.1) is 24.0 Å². The lowest BCUT2D eigenvalue weighted by molar-refractivity contribution is 0.0817. The zero-order chi connectivity index (χ0) is 25.9. The van der Waals surface area contributed by atoms with Crippen LogP contribution in [0.2, 0.25) is 10.4 Å². The molecule has 1 heterocycles. The summed E-state index contributed by atoms with van der Waals surface area (Å²) >= 11 is 11.7. The molecule has 0 radical (unpaired) electrons. The van der Waals surface area contributed by atoms with Crippen LogP contribution in [-0.4, -0.2) is 39.7 Å². The topological polar surface area (TPSA) is 87.1 Å². The van der Waals surface area contributed by atoms with E-state index in [1.807, 2.05) is 24.3 Å². The van der Waals surface area contributed by atoms with E-state index in [4.69, 9.17) is 29.6 Å². The number of hydrogen-bond donors (Lipinski definition) is 3. The average molecular weight is 531 g/mol. The molecule has 3 N–H and O–H groups in total. The molecular weight excluding hydrogens is 509 g/mol. The molecule has 2 aromatic carbocycles. The number of carbonyl (C=O) groups is 1. The summed E-state index contributed by atoms with van der Waals surface area (Å²) < 4.78 is 27.6. The third-order valence-corrected chi connectivity index (χ3v) is 6.40. The molecule has 1 aromatic heterocycles. The Bertz CT molecular complexity index is 1290. The van der Waals surface area contributed by atoms with Gasteiger partial charge in [-0.1, -0.05) is 29.7 Å². The molecule has 2 unspecified atom stereocenters. The maximum Gasteiger partial charge on any atom is 0.270 e. The number of nitrogens with zero attached hydrogens (tertiary/aromatic N) is 2. The summed E-state index contributed by atoms with van der Waals surface area (Å²) in [7, 11) is 0. The molecule has 0 saturated heterocycles. The number of hydrogen-bond acceptors (Lipinski definition) is 5. The monoisotopic (exact) mass is 530 g/mol. The van der Waals surface area contributed by atoms with Gasteiger partial charge < -0.3 is 15.7 Å². The minimum absolute atomic E-state index is 0.0315. The first-order chi connectivity index (χ1) is 17.2. The molecule has 186 valence electrons. The molecule has 0 spiro atoms. The molecule has 1 saturated carbocycles. The van der Waals surface area contributed by atoms with Gasteiger partial charge in [0.05, 0.1) is 12.1 Å². The van der Waals surface area contributed by atoms with E-state index in [2.05, 4.69) is 26.5 Å². The first-order valence-corrected chi connectivity index (χ1v) is 11.9. The number of aliphatic hydroxyl groups excluding tert-OH is 1. The van der Waals surface area contributed by atoms with Gasteiger partial charge in [-0.3, -0.25) is 4.79 Å². The fourth-order valence-electron chi connectivity index (χ4n) is 4.06. The van der Waals surface area contributed by atoms with E-state index in [1.165, 1.54) is 6.07 Å². The first-order valence-electron chi connectivity index (χ1n) is 11.1. The Kier molecular flexibility index (Phi) is 7.86. The number of rotatable bonds is 9. The van der Waals surface area contributed by atoms with Crippen LogP contribution in [0.3, 0.4) is 0 Å². The van der Waals surface area contributed by atoms with E-state index in [9.17, 15) is 18.7 Å². The van der Waals surface area contributed by atoms with Crippen LogP contribution in [0.5, 0.6) is 0 Å². The van der Waals surface area contributed by atoms with E-state index in [0.29, 0.717) is 0 Å². The van der Waals surface area contributed by atoms with Gasteiger partial charge in [0.2, 0.25) is 5.28 Å². The summed E-state index contributed by atoms with van der Waals surface area (Å²) in [6, 6.07) is 10.9. The van der Waals surface area contributed by atoms with Gasteiger partial charge in [0, 0.05) is 29.8 Å². The second-order valence-corrected chi connectivity index (χ2v) is 9.39. The van der Waals surface area contributed by atoms with Crippen LogP contribution in [0.15, 0.2) is 48.5 Å². The fourth-order valence-corrected chi connectivity index (χ4v) is 4.46. The van der Waals surface area contributed by atoms with Crippen molar-refractivity contribution in [1.82, 2.24) is 20.6 Å². The Morgan fingerprint density at radius 1 is 1.14 bits per heavy atom. The van der Waals surface area contributed by atoms with Crippen molar-refractivity contribution < 1.29 is 18.7 Å². The average Bonchev–Trinajstić information content (AvgIpc) is 3.62. The highest BCUT2D eigenvalue weighted by atomic mass is 35.5. The first kappa shape index (κ1) is 26.0. The molecule has 36 heavy (non-hydrogen) atoms. The van der Waals surface area contributed by atoms with E-state index in [-0.39, 0.29) is 40.2 Å². The van der Waals surface area contributed by atoms with Gasteiger partial charge in [-0.25, -0.2) is 18.7 Å². The van der Waals surface area contributed by atoms with Gasteiger partial charge in [0.15, 0.2) is 0 Å². The number of aromatic nitrogens is 2. The second-order valence-electron chi connectivity index (χ2n) is 8.66. The van der Waals surface area contributed by atoms with Gasteiger partial charge in [0.1, 0.15) is 22.5 Å². The fraction of sp³-hybridized carbons (Fsp3) is 0.269. The Morgan fingerprint density at radius 2 is 1.86 bits per heavy atom. The highest BCUT2D eigenvalue weighted by molar-refractivity contribution is 6.32. The Balaban J connectivity index is 1.53. The van der Waals surface area contributed by atoms with E-state index >= 15 is 0 Å². The largest absolute Gasteiger partial charge is 0.390 e. The lowest BCUT2D eigenvalue weighted by Gasteiger charge is -2.27. The SMILES string of the molecule is C#Cc1cccc(C2(NCC(O)C(Cc3cc(F)cc(F)c3)NC(=O)c3cc(Cl)nc(Cl)n3)CC2)c1. The number of terminal acetylenes is 1. The molecule has 3 aromatic rings. The second kappa shape index (κ2) is 10.9. The molecule has 10 heteroatoms. The van der Waals surface area contributed by atoms with Crippen LogP contribution < -0.4 is 10.6 Å². The molecule has 6 nitrogen and oxygen atoms in total. The predicted molar refractivity (Wildman–Crippen MR) is 133 cm³/mol. The molecule has 0 aliphatic heterocycles. The van der Waals surface area contributed by atoms with Crippen LogP contribution in [0.4, 0.5) is 8.78 Å². The minimum Gasteiger partial charge on any atom is -0.390 e. The molecule has 1 aliphatic rings. The Hall–Kier alpha value is -3.09. The van der Waals surface area contributed by atoms with Crippen molar-refractivity contribution in [2.24, 2.45) is 0 Å². The van der Waals surface area contributed by atoms with Crippen molar-refractivity contribution in [3.05, 3.63) is 93.0 Å². The normalized spacial score (nSPS) is 15.6. The van der Waals surface area contributed by atoms with E-state index in [1.54, 1.807) is 0 Å². The highest BCUT2D eigenvalue weighted by Crippen LogP contribution is 2.45. The molecular formula is C26H22Cl2F2N4O2. The minimum atomic E-state index is -1.12. The van der Waals surface area contributed by atoms with Crippen molar-refractivity contribution in [3.63, 3.8) is 0 Å². The zero-order valence-corrected chi connectivity index (χ0v) is 20.5. The zero-order valence-electron chi connectivity index (χ0n) is 18.9. The maximum atomic E-state index is 13.8. The summed E-state index contributed by atoms with van der Waals surface area (Å²) in [6.45, 7) is 0.0916. The number of benzene rings is 2. The Labute approximate surface area is 217 Å². The maximum absolute atomic E-state index is 13.8. The van der Waals surface area contributed by atoms with Crippen LogP contribution in [-0.2, 0) is 12.0 Å². The molecule has 4 rings (SSSR count). The lowest BCUT2D eigenvalue weighted by Crippen LogP contribution is -2.50. The van der Waals surface area contributed by atoms with Gasteiger partial charge in [-0.15, -0.1) is 6.42 Å². The molecule has 0 bridgehead atoms.